The molecule has 3 aromatic rings. The minimum atomic E-state index is -3.81. The van der Waals surface area contributed by atoms with Crippen LogP contribution in [0.5, 0.6) is 0 Å². The average molecular weight is 466 g/mol. The normalized spacial score (nSPS) is 11.6. The highest BCUT2D eigenvalue weighted by Gasteiger charge is 2.24. The first kappa shape index (κ1) is 20.5. The van der Waals surface area contributed by atoms with E-state index in [1.54, 1.807) is 36.9 Å². The number of aromatic nitrogens is 2. The molecule has 1 N–H and O–H groups in total. The summed E-state index contributed by atoms with van der Waals surface area (Å²) in [5.74, 6) is -0.0990. The van der Waals surface area contributed by atoms with Gasteiger partial charge in [-0.3, -0.25) is 9.40 Å². The number of nitrogens with zero attached hydrogens (tertiary/aromatic N) is 2. The third kappa shape index (κ3) is 4.12. The van der Waals surface area contributed by atoms with Crippen molar-refractivity contribution in [2.24, 2.45) is 0 Å². The third-order valence-electron chi connectivity index (χ3n) is 4.77. The minimum absolute atomic E-state index is 0.208. The van der Waals surface area contributed by atoms with Crippen molar-refractivity contribution in [3.05, 3.63) is 74.6 Å². The van der Waals surface area contributed by atoms with Crippen molar-refractivity contribution in [2.45, 2.75) is 39.1 Å². The second-order valence-corrected chi connectivity index (χ2v) is 9.32. The Bertz CT molecular complexity index is 1110. The lowest BCUT2D eigenvalue weighted by Crippen LogP contribution is -2.17. The van der Waals surface area contributed by atoms with E-state index in [-0.39, 0.29) is 16.5 Å². The van der Waals surface area contributed by atoms with E-state index in [9.17, 15) is 12.8 Å². The maximum atomic E-state index is 13.1. The molecular formula is C20H21BrFN3O2S. The summed E-state index contributed by atoms with van der Waals surface area (Å²) >= 11 is 3.36. The van der Waals surface area contributed by atoms with Crippen molar-refractivity contribution >= 4 is 31.8 Å². The van der Waals surface area contributed by atoms with E-state index in [2.05, 4.69) is 25.8 Å². The predicted molar refractivity (Wildman–Crippen MR) is 112 cm³/mol. The molecule has 28 heavy (non-hydrogen) atoms. The highest BCUT2D eigenvalue weighted by Crippen LogP contribution is 2.29. The first-order valence-electron chi connectivity index (χ1n) is 8.66. The summed E-state index contributed by atoms with van der Waals surface area (Å²) in [5, 5.41) is 4.33. The van der Waals surface area contributed by atoms with Crippen LogP contribution in [-0.2, 0) is 16.6 Å². The lowest BCUT2D eigenvalue weighted by atomic mass is 10.0. The largest absolute Gasteiger partial charge is 0.265 e. The van der Waals surface area contributed by atoms with Gasteiger partial charge in [-0.25, -0.2) is 12.8 Å². The fraction of sp³-hybridized carbons (Fsp3) is 0.250. The highest BCUT2D eigenvalue weighted by molar-refractivity contribution is 9.10. The summed E-state index contributed by atoms with van der Waals surface area (Å²) in [7, 11) is -3.81. The van der Waals surface area contributed by atoms with Gasteiger partial charge in [0.25, 0.3) is 10.0 Å². The number of benzene rings is 2. The zero-order valence-corrected chi connectivity index (χ0v) is 18.4. The summed E-state index contributed by atoms with van der Waals surface area (Å²) in [6, 6.07) is 8.07. The van der Waals surface area contributed by atoms with Gasteiger partial charge in [0.05, 0.1) is 15.9 Å². The molecule has 0 atom stereocenters. The molecule has 0 bridgehead atoms. The van der Waals surface area contributed by atoms with Crippen LogP contribution in [0.15, 0.2) is 45.9 Å². The Morgan fingerprint density at radius 3 is 2.21 bits per heavy atom. The van der Waals surface area contributed by atoms with E-state index >= 15 is 0 Å². The Kier molecular flexibility index (Phi) is 5.63. The number of hydrogen-bond acceptors (Lipinski definition) is 3. The van der Waals surface area contributed by atoms with Gasteiger partial charge in [-0.05, 0) is 83.6 Å². The summed E-state index contributed by atoms with van der Waals surface area (Å²) in [5.41, 5.74) is 4.13. The van der Waals surface area contributed by atoms with E-state index in [1.807, 2.05) is 19.9 Å². The zero-order valence-electron chi connectivity index (χ0n) is 16.0. The van der Waals surface area contributed by atoms with Gasteiger partial charge in [0.1, 0.15) is 5.82 Å². The monoisotopic (exact) mass is 465 g/mol. The molecule has 1 heterocycles. The Morgan fingerprint density at radius 1 is 1.07 bits per heavy atom. The van der Waals surface area contributed by atoms with Crippen molar-refractivity contribution in [1.82, 2.24) is 9.78 Å². The van der Waals surface area contributed by atoms with Crippen molar-refractivity contribution in [3.63, 3.8) is 0 Å². The smallest absolute Gasteiger partial charge is 0.263 e. The maximum absolute atomic E-state index is 13.1. The number of sulfonamides is 1. The minimum Gasteiger partial charge on any atom is -0.265 e. The molecule has 3 rings (SSSR count). The summed E-state index contributed by atoms with van der Waals surface area (Å²) in [6.07, 6.45) is 1.68. The van der Waals surface area contributed by atoms with Crippen LogP contribution in [0.25, 0.3) is 0 Å². The molecule has 0 spiro atoms. The standard InChI is InChI=1S/C20H21BrFN3O2S/c1-12-9-13(2)15(4)19(14(12)3)28(26,27)24-20-18(21)11-25(23-20)10-16-5-7-17(22)8-6-16/h5-9,11H,10H2,1-4H3,(H,23,24). The third-order valence-corrected chi connectivity index (χ3v) is 6.96. The van der Waals surface area contributed by atoms with Crippen molar-refractivity contribution in [1.29, 1.82) is 0 Å². The van der Waals surface area contributed by atoms with Crippen LogP contribution in [0.2, 0.25) is 0 Å². The van der Waals surface area contributed by atoms with Crippen LogP contribution in [0.4, 0.5) is 10.2 Å². The molecule has 0 aliphatic heterocycles. The lowest BCUT2D eigenvalue weighted by Gasteiger charge is -2.16. The molecule has 2 aromatic carbocycles. The second-order valence-electron chi connectivity index (χ2n) is 6.84. The molecule has 0 saturated heterocycles. The van der Waals surface area contributed by atoms with Crippen LogP contribution in [0.1, 0.15) is 27.8 Å². The van der Waals surface area contributed by atoms with Crippen LogP contribution in [-0.4, -0.2) is 18.2 Å². The predicted octanol–water partition coefficient (Wildman–Crippen LogP) is 4.87. The highest BCUT2D eigenvalue weighted by atomic mass is 79.9. The van der Waals surface area contributed by atoms with Crippen LogP contribution in [0.3, 0.4) is 0 Å². The first-order chi connectivity index (χ1) is 13.1. The quantitative estimate of drug-likeness (QED) is 0.584. The summed E-state index contributed by atoms with van der Waals surface area (Å²) in [6.45, 7) is 7.79. The van der Waals surface area contributed by atoms with E-state index in [1.165, 1.54) is 12.1 Å². The average Bonchev–Trinajstić information content (AvgIpc) is 2.93. The fourth-order valence-electron chi connectivity index (χ4n) is 3.09. The molecule has 5 nitrogen and oxygen atoms in total. The lowest BCUT2D eigenvalue weighted by molar-refractivity contribution is 0.599. The molecule has 148 valence electrons. The molecule has 0 radical (unpaired) electrons. The molecule has 0 unspecified atom stereocenters. The topological polar surface area (TPSA) is 64.0 Å². The molecule has 0 amide bonds. The van der Waals surface area contributed by atoms with Gasteiger partial charge in [-0.15, -0.1) is 0 Å². The van der Waals surface area contributed by atoms with Gasteiger partial charge in [0.2, 0.25) is 0 Å². The Labute approximate surface area is 172 Å². The number of rotatable bonds is 5. The van der Waals surface area contributed by atoms with E-state index in [4.69, 9.17) is 0 Å². The molecule has 8 heteroatoms. The summed E-state index contributed by atoms with van der Waals surface area (Å²) < 4.78 is 43.9. The zero-order chi connectivity index (χ0) is 20.6. The molecule has 0 fully saturated rings. The van der Waals surface area contributed by atoms with Gasteiger partial charge in [-0.2, -0.15) is 5.10 Å². The van der Waals surface area contributed by atoms with Crippen molar-refractivity contribution in [2.75, 3.05) is 4.72 Å². The Morgan fingerprint density at radius 2 is 1.64 bits per heavy atom. The molecule has 1 aromatic heterocycles. The number of halogens is 2. The van der Waals surface area contributed by atoms with Crippen molar-refractivity contribution < 1.29 is 12.8 Å². The van der Waals surface area contributed by atoms with Crippen LogP contribution >= 0.6 is 15.9 Å². The number of nitrogens with one attached hydrogen (secondary N) is 1. The number of aryl methyl sites for hydroxylation is 2. The molecular weight excluding hydrogens is 445 g/mol. The Hall–Kier alpha value is -2.19. The van der Waals surface area contributed by atoms with Gasteiger partial charge in [0.15, 0.2) is 5.82 Å². The summed E-state index contributed by atoms with van der Waals surface area (Å²) in [4.78, 5) is 0.282. The maximum Gasteiger partial charge on any atom is 0.263 e. The fourth-order valence-corrected chi connectivity index (χ4v) is 5.27. The molecule has 0 aliphatic carbocycles. The van der Waals surface area contributed by atoms with Crippen molar-refractivity contribution in [3.8, 4) is 0 Å². The van der Waals surface area contributed by atoms with Gasteiger partial charge >= 0.3 is 0 Å². The number of hydrogen-bond donors (Lipinski definition) is 1. The van der Waals surface area contributed by atoms with Gasteiger partial charge < -0.3 is 0 Å². The Balaban J connectivity index is 1.92. The molecule has 0 saturated carbocycles. The van der Waals surface area contributed by atoms with E-state index < -0.39 is 10.0 Å². The first-order valence-corrected chi connectivity index (χ1v) is 10.9. The van der Waals surface area contributed by atoms with Crippen LogP contribution in [0, 0.1) is 33.5 Å². The van der Waals surface area contributed by atoms with E-state index in [0.29, 0.717) is 11.0 Å². The second kappa shape index (κ2) is 7.67. The van der Waals surface area contributed by atoms with Crippen LogP contribution < -0.4 is 4.72 Å². The van der Waals surface area contributed by atoms with Gasteiger partial charge in [-0.1, -0.05) is 18.2 Å². The SMILES string of the molecule is Cc1cc(C)c(C)c(S(=O)(=O)Nc2nn(Cc3ccc(F)cc3)cc2Br)c1C. The van der Waals surface area contributed by atoms with Gasteiger partial charge in [0, 0.05) is 6.20 Å². The molecule has 0 aliphatic rings. The van der Waals surface area contributed by atoms with E-state index in [0.717, 1.165) is 27.8 Å². The number of anilines is 1.